The van der Waals surface area contributed by atoms with Crippen molar-refractivity contribution in [3.05, 3.63) is 121 Å². The van der Waals surface area contributed by atoms with Crippen molar-refractivity contribution >= 4 is 43.7 Å². The van der Waals surface area contributed by atoms with Gasteiger partial charge in [-0.15, -0.1) is 9.24 Å². The standard InChI is InChI=1S/C24H20P.C2H5O2P/c1-5-13-21(14-6-1)25(22-15-7-2-8-16-22,23-17-9-3-10-18-23)24-19-11-4-12-20-24;3-2(4)1-5/h1-20H;1,5H2,(H,3,4)/q+1;. The number of aliphatic carboxylic acids is 1. The molecule has 0 heterocycles. The van der Waals surface area contributed by atoms with Crippen LogP contribution in [0.2, 0.25) is 0 Å². The summed E-state index contributed by atoms with van der Waals surface area (Å²) in [7, 11) is 0.189. The first-order chi connectivity index (χ1) is 14.7. The van der Waals surface area contributed by atoms with Crippen LogP contribution in [0.5, 0.6) is 0 Å². The van der Waals surface area contributed by atoms with E-state index in [1.165, 1.54) is 21.2 Å². The van der Waals surface area contributed by atoms with Crippen molar-refractivity contribution < 1.29 is 9.90 Å². The molecule has 0 bridgehead atoms. The average Bonchev–Trinajstić information content (AvgIpc) is 2.83. The summed E-state index contributed by atoms with van der Waals surface area (Å²) in [5.74, 6) is -0.782. The second-order valence-corrected chi connectivity index (χ2v) is 10.4. The van der Waals surface area contributed by atoms with Gasteiger partial charge in [0.1, 0.15) is 28.5 Å². The number of hydrogen-bond acceptors (Lipinski definition) is 1. The van der Waals surface area contributed by atoms with E-state index in [-0.39, 0.29) is 6.16 Å². The first-order valence-corrected chi connectivity index (χ1v) is 12.3. The minimum atomic E-state index is -1.91. The fraction of sp³-hybridized carbons (Fsp3) is 0.0385. The number of benzene rings is 4. The van der Waals surface area contributed by atoms with Crippen LogP contribution < -0.4 is 21.2 Å². The summed E-state index contributed by atoms with van der Waals surface area (Å²) in [6.45, 7) is 0. The first-order valence-electron chi connectivity index (χ1n) is 9.73. The van der Waals surface area contributed by atoms with E-state index in [1.54, 1.807) is 0 Å². The van der Waals surface area contributed by atoms with Gasteiger partial charge in [0.2, 0.25) is 0 Å². The van der Waals surface area contributed by atoms with Gasteiger partial charge in [0.15, 0.2) is 0 Å². The van der Waals surface area contributed by atoms with Crippen LogP contribution in [0.3, 0.4) is 0 Å². The molecule has 0 aliphatic rings. The lowest BCUT2D eigenvalue weighted by Gasteiger charge is -2.27. The Bertz CT molecular complexity index is 874. The van der Waals surface area contributed by atoms with E-state index in [0.29, 0.717) is 0 Å². The second kappa shape index (κ2) is 10.8. The molecule has 1 atom stereocenters. The summed E-state index contributed by atoms with van der Waals surface area (Å²) >= 11 is 0. The lowest BCUT2D eigenvalue weighted by atomic mass is 10.3. The fourth-order valence-electron chi connectivity index (χ4n) is 3.50. The maximum Gasteiger partial charge on any atom is 0.307 e. The van der Waals surface area contributed by atoms with E-state index in [1.807, 2.05) is 0 Å². The molecule has 0 fully saturated rings. The van der Waals surface area contributed by atoms with Crippen LogP contribution in [0, 0.1) is 0 Å². The number of rotatable bonds is 5. The molecule has 2 nitrogen and oxygen atoms in total. The molecule has 1 N–H and O–H groups in total. The van der Waals surface area contributed by atoms with Crippen LogP contribution in [0.15, 0.2) is 121 Å². The van der Waals surface area contributed by atoms with Crippen LogP contribution >= 0.6 is 16.5 Å². The number of hydrogen-bond donors (Lipinski definition) is 1. The molecule has 150 valence electrons. The molecule has 0 amide bonds. The van der Waals surface area contributed by atoms with Gasteiger partial charge >= 0.3 is 5.97 Å². The molecule has 0 radical (unpaired) electrons. The van der Waals surface area contributed by atoms with Crippen molar-refractivity contribution in [3.8, 4) is 0 Å². The van der Waals surface area contributed by atoms with Crippen LogP contribution in [0.1, 0.15) is 0 Å². The van der Waals surface area contributed by atoms with E-state index in [9.17, 15) is 4.79 Å². The smallest absolute Gasteiger partial charge is 0.307 e. The van der Waals surface area contributed by atoms with Gasteiger partial charge < -0.3 is 5.11 Å². The maximum atomic E-state index is 9.35. The molecule has 4 aromatic carbocycles. The summed E-state index contributed by atoms with van der Waals surface area (Å²) in [5.41, 5.74) is 0. The molecule has 4 rings (SSSR count). The Balaban J connectivity index is 0.000000461. The molecule has 0 aromatic heterocycles. The van der Waals surface area contributed by atoms with Crippen molar-refractivity contribution in [3.63, 3.8) is 0 Å². The van der Waals surface area contributed by atoms with Crippen molar-refractivity contribution in [2.24, 2.45) is 0 Å². The summed E-state index contributed by atoms with van der Waals surface area (Å²) in [5, 5.41) is 13.3. The Kier molecular flexibility index (Phi) is 7.91. The van der Waals surface area contributed by atoms with Crippen LogP contribution in [0.4, 0.5) is 0 Å². The molecule has 0 aliphatic heterocycles. The minimum absolute atomic E-state index is 0.139. The molecule has 30 heavy (non-hydrogen) atoms. The van der Waals surface area contributed by atoms with Gasteiger partial charge in [-0.3, -0.25) is 4.79 Å². The summed E-state index contributed by atoms with van der Waals surface area (Å²) in [6, 6.07) is 43.8. The van der Waals surface area contributed by atoms with Crippen molar-refractivity contribution in [2.75, 3.05) is 6.16 Å². The fourth-order valence-corrected chi connectivity index (χ4v) is 7.77. The topological polar surface area (TPSA) is 37.3 Å². The highest BCUT2D eigenvalue weighted by molar-refractivity contribution is 8.01. The highest BCUT2D eigenvalue weighted by atomic mass is 31.2. The molecule has 0 aliphatic carbocycles. The van der Waals surface area contributed by atoms with Gasteiger partial charge in [0.25, 0.3) is 0 Å². The van der Waals surface area contributed by atoms with Crippen LogP contribution in [-0.2, 0) is 4.79 Å². The zero-order valence-electron chi connectivity index (χ0n) is 16.6. The third-order valence-electron chi connectivity index (χ3n) is 4.75. The highest BCUT2D eigenvalue weighted by Gasteiger charge is 2.47. The Hall–Kier alpha value is -2.79. The van der Waals surface area contributed by atoms with Crippen LogP contribution in [0.25, 0.3) is 0 Å². The van der Waals surface area contributed by atoms with E-state index < -0.39 is 13.2 Å². The SMILES string of the molecule is O=C(O)CP.c1ccc([P+](c2ccccc2)(c2ccccc2)c2ccccc2)cc1. The normalized spacial score (nSPS) is 10.6. The van der Waals surface area contributed by atoms with Gasteiger partial charge in [-0.2, -0.15) is 0 Å². The minimum Gasteiger partial charge on any atom is -0.481 e. The van der Waals surface area contributed by atoms with Gasteiger partial charge in [0.05, 0.1) is 6.16 Å². The first kappa shape index (κ1) is 21.9. The number of carboxylic acid groups (broad SMARTS) is 1. The molecule has 4 aromatic rings. The van der Waals surface area contributed by atoms with Gasteiger partial charge in [-0.25, -0.2) is 0 Å². The lowest BCUT2D eigenvalue weighted by molar-refractivity contribution is -0.133. The van der Waals surface area contributed by atoms with E-state index in [2.05, 4.69) is 131 Å². The molecule has 0 spiro atoms. The largest absolute Gasteiger partial charge is 0.481 e. The predicted molar refractivity (Wildman–Crippen MR) is 133 cm³/mol. The Labute approximate surface area is 181 Å². The zero-order chi connectivity index (χ0) is 21.2. The third kappa shape index (κ3) is 4.85. The Morgan fingerprint density at radius 3 is 0.933 bits per heavy atom. The summed E-state index contributed by atoms with van der Waals surface area (Å²) in [6.07, 6.45) is 0.139. The summed E-state index contributed by atoms with van der Waals surface area (Å²) < 4.78 is 0. The Morgan fingerprint density at radius 1 is 0.567 bits per heavy atom. The number of carbonyl (C=O) groups is 1. The van der Waals surface area contributed by atoms with Gasteiger partial charge in [-0.05, 0) is 48.5 Å². The van der Waals surface area contributed by atoms with Gasteiger partial charge in [0, 0.05) is 0 Å². The van der Waals surface area contributed by atoms with E-state index in [4.69, 9.17) is 5.11 Å². The van der Waals surface area contributed by atoms with Crippen molar-refractivity contribution in [1.82, 2.24) is 0 Å². The van der Waals surface area contributed by atoms with Crippen LogP contribution in [-0.4, -0.2) is 17.2 Å². The van der Waals surface area contributed by atoms with Gasteiger partial charge in [-0.1, -0.05) is 72.8 Å². The molecule has 1 unspecified atom stereocenters. The monoisotopic (exact) mass is 431 g/mol. The molecule has 4 heteroatoms. The average molecular weight is 431 g/mol. The van der Waals surface area contributed by atoms with E-state index in [0.717, 1.165) is 0 Å². The second-order valence-electron chi connectivity index (χ2n) is 6.61. The Morgan fingerprint density at radius 2 is 0.767 bits per heavy atom. The third-order valence-corrected chi connectivity index (χ3v) is 9.39. The summed E-state index contributed by atoms with van der Waals surface area (Å²) in [4.78, 5) is 9.35. The number of carboxylic acids is 1. The lowest BCUT2D eigenvalue weighted by Crippen LogP contribution is -2.38. The molecule has 0 saturated carbocycles. The van der Waals surface area contributed by atoms with E-state index >= 15 is 0 Å². The van der Waals surface area contributed by atoms with Crippen molar-refractivity contribution in [2.45, 2.75) is 0 Å². The van der Waals surface area contributed by atoms with Crippen molar-refractivity contribution in [1.29, 1.82) is 0 Å². The maximum absolute atomic E-state index is 9.35. The molecular weight excluding hydrogens is 406 g/mol. The highest BCUT2D eigenvalue weighted by Crippen LogP contribution is 2.53. The molecular formula is C26H25O2P2+. The predicted octanol–water partition coefficient (Wildman–Crippen LogP) is 4.25. The molecule has 0 saturated heterocycles. The zero-order valence-corrected chi connectivity index (χ0v) is 18.7. The quantitative estimate of drug-likeness (QED) is 0.480.